The van der Waals surface area contributed by atoms with E-state index in [-0.39, 0.29) is 28.6 Å². The third-order valence-electron chi connectivity index (χ3n) is 4.13. The van der Waals surface area contributed by atoms with E-state index in [4.69, 9.17) is 11.0 Å². The molecule has 29 heavy (non-hydrogen) atoms. The fourth-order valence-corrected chi connectivity index (χ4v) is 3.48. The van der Waals surface area contributed by atoms with E-state index in [0.717, 1.165) is 28.6 Å². The van der Waals surface area contributed by atoms with Crippen LogP contribution in [0.25, 0.3) is 0 Å². The average Bonchev–Trinajstić information content (AvgIpc) is 2.74. The zero-order valence-electron chi connectivity index (χ0n) is 15.4. The number of hydrogen-bond donors (Lipinski definition) is 2. The molecule has 0 radical (unpaired) electrons. The van der Waals surface area contributed by atoms with E-state index in [2.05, 4.69) is 10.3 Å². The molecule has 0 aliphatic carbocycles. The van der Waals surface area contributed by atoms with Crippen molar-refractivity contribution in [2.45, 2.75) is 11.4 Å². The molecule has 0 unspecified atom stereocenters. The predicted octanol–water partition coefficient (Wildman–Crippen LogP) is 3.73. The van der Waals surface area contributed by atoms with Crippen LogP contribution in [0.1, 0.15) is 22.3 Å². The van der Waals surface area contributed by atoms with Crippen LogP contribution in [0.15, 0.2) is 65.7 Å². The van der Waals surface area contributed by atoms with Gasteiger partial charge in [-0.3, -0.25) is 4.79 Å². The molecule has 1 heterocycles. The Hall–Kier alpha value is -3.81. The molecule has 0 saturated carbocycles. The van der Waals surface area contributed by atoms with Crippen molar-refractivity contribution in [1.82, 2.24) is 4.98 Å². The number of hydrogen-bond acceptors (Lipinski definition) is 6. The van der Waals surface area contributed by atoms with E-state index >= 15 is 0 Å². The van der Waals surface area contributed by atoms with Gasteiger partial charge in [-0.05, 0) is 29.7 Å². The summed E-state index contributed by atoms with van der Waals surface area (Å²) in [5.74, 6) is -0.112. The first-order valence-corrected chi connectivity index (χ1v) is 9.74. The normalized spacial score (nSPS) is 10.0. The zero-order chi connectivity index (χ0) is 20.6. The third-order valence-corrected chi connectivity index (χ3v) is 5.12. The van der Waals surface area contributed by atoms with E-state index in [9.17, 15) is 10.1 Å². The summed E-state index contributed by atoms with van der Waals surface area (Å²) in [7, 11) is 0. The number of aromatic nitrogens is 1. The summed E-state index contributed by atoms with van der Waals surface area (Å²) in [5.41, 5.74) is 8.99. The molecular weight excluding hydrogens is 382 g/mol. The number of para-hydroxylation sites is 1. The molecule has 2 aromatic carbocycles. The van der Waals surface area contributed by atoms with Gasteiger partial charge in [0.25, 0.3) is 0 Å². The lowest BCUT2D eigenvalue weighted by atomic mass is 10.0. The number of amides is 1. The molecule has 1 amide bonds. The number of carbonyl (C=O) groups is 1. The highest BCUT2D eigenvalue weighted by Crippen LogP contribution is 2.25. The SMILES string of the molecule is N#Cc1cc(C#N)c(SCC(=O)Nc2ccccc2Cc2ccccc2)nc1N. The summed E-state index contributed by atoms with van der Waals surface area (Å²) in [6.07, 6.45) is 0.705. The summed E-state index contributed by atoms with van der Waals surface area (Å²) in [5, 5.41) is 21.5. The van der Waals surface area contributed by atoms with Gasteiger partial charge in [0, 0.05) is 5.69 Å². The molecule has 0 bridgehead atoms. The van der Waals surface area contributed by atoms with E-state index < -0.39 is 0 Å². The van der Waals surface area contributed by atoms with Gasteiger partial charge in [-0.15, -0.1) is 0 Å². The maximum Gasteiger partial charge on any atom is 0.234 e. The maximum atomic E-state index is 12.5. The second-order valence-electron chi connectivity index (χ2n) is 6.15. The van der Waals surface area contributed by atoms with E-state index in [0.29, 0.717) is 11.4 Å². The first-order chi connectivity index (χ1) is 14.1. The van der Waals surface area contributed by atoms with Crippen molar-refractivity contribution in [3.63, 3.8) is 0 Å². The maximum absolute atomic E-state index is 12.5. The molecular formula is C22H17N5OS. The number of carbonyl (C=O) groups excluding carboxylic acids is 1. The van der Waals surface area contributed by atoms with Gasteiger partial charge in [0.2, 0.25) is 5.91 Å². The lowest BCUT2D eigenvalue weighted by molar-refractivity contribution is -0.113. The molecule has 0 aliphatic heterocycles. The summed E-state index contributed by atoms with van der Waals surface area (Å²) in [6.45, 7) is 0. The highest BCUT2D eigenvalue weighted by molar-refractivity contribution is 8.00. The minimum absolute atomic E-state index is 0.0441. The van der Waals surface area contributed by atoms with Crippen LogP contribution >= 0.6 is 11.8 Å². The number of anilines is 2. The summed E-state index contributed by atoms with van der Waals surface area (Å²) in [4.78, 5) is 16.6. The summed E-state index contributed by atoms with van der Waals surface area (Å²) >= 11 is 1.11. The number of nitrogens with zero attached hydrogens (tertiary/aromatic N) is 3. The van der Waals surface area contributed by atoms with Crippen molar-refractivity contribution in [2.75, 3.05) is 16.8 Å². The lowest BCUT2D eigenvalue weighted by Crippen LogP contribution is -2.15. The summed E-state index contributed by atoms with van der Waals surface area (Å²) < 4.78 is 0. The lowest BCUT2D eigenvalue weighted by Gasteiger charge is -2.11. The monoisotopic (exact) mass is 399 g/mol. The molecule has 0 aliphatic rings. The molecule has 0 fully saturated rings. The van der Waals surface area contributed by atoms with Crippen LogP contribution < -0.4 is 11.1 Å². The topological polar surface area (TPSA) is 116 Å². The molecule has 1 aromatic heterocycles. The molecule has 3 aromatic rings. The van der Waals surface area contributed by atoms with Gasteiger partial charge in [-0.25, -0.2) is 4.98 Å². The van der Waals surface area contributed by atoms with Crippen LogP contribution in [0.4, 0.5) is 11.5 Å². The van der Waals surface area contributed by atoms with Gasteiger partial charge in [-0.2, -0.15) is 10.5 Å². The number of thioether (sulfide) groups is 1. The number of pyridine rings is 1. The molecule has 0 spiro atoms. The number of benzene rings is 2. The van der Waals surface area contributed by atoms with Crippen LogP contribution in [0.3, 0.4) is 0 Å². The molecule has 0 saturated heterocycles. The number of nitrogens with one attached hydrogen (secondary N) is 1. The Bertz CT molecular complexity index is 1120. The van der Waals surface area contributed by atoms with Crippen LogP contribution in [0.5, 0.6) is 0 Å². The highest BCUT2D eigenvalue weighted by Gasteiger charge is 2.13. The van der Waals surface area contributed by atoms with Crippen LogP contribution in [-0.4, -0.2) is 16.6 Å². The minimum atomic E-state index is -0.218. The Morgan fingerprint density at radius 2 is 1.72 bits per heavy atom. The van der Waals surface area contributed by atoms with E-state index in [1.165, 1.54) is 6.07 Å². The van der Waals surface area contributed by atoms with Gasteiger partial charge < -0.3 is 11.1 Å². The standard InChI is InChI=1S/C22H17N5OS/c23-12-17-11-18(13-24)22(27-21(17)25)29-14-20(28)26-19-9-5-4-8-16(19)10-15-6-2-1-3-7-15/h1-9,11H,10,14H2,(H2,25,27)(H,26,28). The predicted molar refractivity (Wildman–Crippen MR) is 113 cm³/mol. The van der Waals surface area contributed by atoms with Crippen molar-refractivity contribution >= 4 is 29.2 Å². The van der Waals surface area contributed by atoms with Crippen molar-refractivity contribution in [3.05, 3.63) is 82.9 Å². The number of nitrogens with two attached hydrogens (primary N) is 1. The second kappa shape index (κ2) is 9.41. The smallest absolute Gasteiger partial charge is 0.234 e. The van der Waals surface area contributed by atoms with Crippen LogP contribution in [0.2, 0.25) is 0 Å². The van der Waals surface area contributed by atoms with Crippen molar-refractivity contribution in [3.8, 4) is 12.1 Å². The van der Waals surface area contributed by atoms with Crippen molar-refractivity contribution in [2.24, 2.45) is 0 Å². The van der Waals surface area contributed by atoms with Crippen LogP contribution in [0, 0.1) is 22.7 Å². The average molecular weight is 399 g/mol. The van der Waals surface area contributed by atoms with E-state index in [1.807, 2.05) is 66.7 Å². The Morgan fingerprint density at radius 1 is 1.03 bits per heavy atom. The summed E-state index contributed by atoms with van der Waals surface area (Å²) in [6, 6.07) is 22.9. The van der Waals surface area contributed by atoms with Crippen molar-refractivity contribution < 1.29 is 4.79 Å². The molecule has 6 nitrogen and oxygen atoms in total. The first-order valence-electron chi connectivity index (χ1n) is 8.76. The first kappa shape index (κ1) is 19.9. The van der Waals surface area contributed by atoms with Gasteiger partial charge in [0.05, 0.1) is 16.9 Å². The van der Waals surface area contributed by atoms with Gasteiger partial charge in [0.15, 0.2) is 0 Å². The fourth-order valence-electron chi connectivity index (χ4n) is 2.72. The largest absolute Gasteiger partial charge is 0.383 e. The van der Waals surface area contributed by atoms with Crippen molar-refractivity contribution in [1.29, 1.82) is 10.5 Å². The fraction of sp³-hybridized carbons (Fsp3) is 0.0909. The molecule has 3 rings (SSSR count). The molecule has 142 valence electrons. The Kier molecular flexibility index (Phi) is 6.47. The molecule has 7 heteroatoms. The Morgan fingerprint density at radius 3 is 2.45 bits per heavy atom. The Labute approximate surface area is 173 Å². The molecule has 0 atom stereocenters. The Balaban J connectivity index is 1.69. The number of nitrogen functional groups attached to an aromatic ring is 1. The van der Waals surface area contributed by atoms with E-state index in [1.54, 1.807) is 0 Å². The number of rotatable bonds is 6. The quantitative estimate of drug-likeness (QED) is 0.610. The zero-order valence-corrected chi connectivity index (χ0v) is 16.2. The highest BCUT2D eigenvalue weighted by atomic mass is 32.2. The number of nitriles is 2. The van der Waals surface area contributed by atoms with Gasteiger partial charge in [0.1, 0.15) is 23.0 Å². The van der Waals surface area contributed by atoms with Crippen LogP contribution in [-0.2, 0) is 11.2 Å². The van der Waals surface area contributed by atoms with Gasteiger partial charge in [-0.1, -0.05) is 60.3 Å². The second-order valence-corrected chi connectivity index (χ2v) is 7.12. The third kappa shape index (κ3) is 5.13. The molecule has 3 N–H and O–H groups in total. The minimum Gasteiger partial charge on any atom is -0.383 e. The van der Waals surface area contributed by atoms with Gasteiger partial charge >= 0.3 is 0 Å².